The molecular formula is C22H16ClN7O2. The Balaban J connectivity index is 1.63. The predicted octanol–water partition coefficient (Wildman–Crippen LogP) is 3.10. The van der Waals surface area contributed by atoms with E-state index in [2.05, 4.69) is 25.7 Å². The molecule has 1 aromatic carbocycles. The van der Waals surface area contributed by atoms with Gasteiger partial charge in [-0.25, -0.2) is 9.19 Å². The zero-order valence-corrected chi connectivity index (χ0v) is 17.6. The standard InChI is InChI=1S/C22H16ClN7O2/c1-2-16-18(13-3-5-15(23)6-4-13)20-26-25-19-17(30(20)27-16)9-12-29(22(19)32)28-21(31)14-7-10-24-11-8-14/h3-12H,2H2,1H3,(H,28,31). The summed E-state index contributed by atoms with van der Waals surface area (Å²) >= 11 is 6.03. The van der Waals surface area contributed by atoms with Crippen LogP contribution in [0.1, 0.15) is 23.0 Å². The smallest absolute Gasteiger partial charge is 0.267 e. The maximum atomic E-state index is 13.0. The Morgan fingerprint density at radius 1 is 1.06 bits per heavy atom. The molecule has 32 heavy (non-hydrogen) atoms. The van der Waals surface area contributed by atoms with Gasteiger partial charge in [-0.15, -0.1) is 10.2 Å². The lowest BCUT2D eigenvalue weighted by Crippen LogP contribution is -2.33. The van der Waals surface area contributed by atoms with Gasteiger partial charge in [0.2, 0.25) is 0 Å². The van der Waals surface area contributed by atoms with Crippen LogP contribution < -0.4 is 11.0 Å². The second-order valence-corrected chi connectivity index (χ2v) is 7.46. The van der Waals surface area contributed by atoms with Crippen molar-refractivity contribution < 1.29 is 4.79 Å². The summed E-state index contributed by atoms with van der Waals surface area (Å²) in [6, 6.07) is 12.2. The second kappa shape index (κ2) is 7.86. The summed E-state index contributed by atoms with van der Waals surface area (Å²) in [5.74, 6) is -0.444. The van der Waals surface area contributed by atoms with Crippen LogP contribution in [0.3, 0.4) is 0 Å². The van der Waals surface area contributed by atoms with Crippen molar-refractivity contribution in [3.63, 3.8) is 0 Å². The number of carbonyl (C=O) groups excluding carboxylic acids is 1. The number of aromatic nitrogens is 6. The summed E-state index contributed by atoms with van der Waals surface area (Å²) in [4.78, 5) is 29.3. The van der Waals surface area contributed by atoms with Crippen LogP contribution in [0.5, 0.6) is 0 Å². The van der Waals surface area contributed by atoms with Gasteiger partial charge < -0.3 is 0 Å². The highest BCUT2D eigenvalue weighted by Crippen LogP contribution is 2.29. The first kappa shape index (κ1) is 19.8. The molecule has 0 radical (unpaired) electrons. The molecule has 4 heterocycles. The molecule has 0 aliphatic carbocycles. The largest absolute Gasteiger partial charge is 0.299 e. The van der Waals surface area contributed by atoms with Crippen LogP contribution in [0.2, 0.25) is 5.02 Å². The number of aryl methyl sites for hydroxylation is 1. The minimum Gasteiger partial charge on any atom is -0.267 e. The quantitative estimate of drug-likeness (QED) is 0.455. The number of rotatable bonds is 4. The summed E-state index contributed by atoms with van der Waals surface area (Å²) in [5, 5.41) is 13.8. The molecule has 158 valence electrons. The highest BCUT2D eigenvalue weighted by atomic mass is 35.5. The molecule has 0 aliphatic heterocycles. The van der Waals surface area contributed by atoms with Crippen LogP contribution in [0.25, 0.3) is 27.8 Å². The molecule has 9 nitrogen and oxygen atoms in total. The van der Waals surface area contributed by atoms with Crippen molar-refractivity contribution >= 4 is 34.2 Å². The minimum absolute atomic E-state index is 0.0860. The topological polar surface area (TPSA) is 107 Å². The van der Waals surface area contributed by atoms with Gasteiger partial charge in [0.05, 0.1) is 11.3 Å². The van der Waals surface area contributed by atoms with Crippen LogP contribution in [-0.2, 0) is 6.42 Å². The predicted molar refractivity (Wildman–Crippen MR) is 120 cm³/mol. The van der Waals surface area contributed by atoms with Crippen molar-refractivity contribution in [2.75, 3.05) is 5.43 Å². The number of benzene rings is 1. The zero-order valence-electron chi connectivity index (χ0n) is 16.9. The first-order chi connectivity index (χ1) is 15.6. The van der Waals surface area contributed by atoms with Crippen molar-refractivity contribution in [2.45, 2.75) is 13.3 Å². The van der Waals surface area contributed by atoms with Gasteiger partial charge in [0, 0.05) is 29.2 Å². The Bertz CT molecular complexity index is 1530. The summed E-state index contributed by atoms with van der Waals surface area (Å²) in [6.45, 7) is 2.00. The molecule has 5 rings (SSSR count). The van der Waals surface area contributed by atoms with E-state index in [0.717, 1.165) is 21.5 Å². The highest BCUT2D eigenvalue weighted by molar-refractivity contribution is 6.30. The first-order valence-electron chi connectivity index (χ1n) is 9.84. The summed E-state index contributed by atoms with van der Waals surface area (Å²) in [7, 11) is 0. The van der Waals surface area contributed by atoms with Gasteiger partial charge in [-0.2, -0.15) is 5.10 Å². The van der Waals surface area contributed by atoms with E-state index in [1.165, 1.54) is 18.6 Å². The van der Waals surface area contributed by atoms with Gasteiger partial charge in [0.25, 0.3) is 11.5 Å². The lowest BCUT2D eigenvalue weighted by atomic mass is 10.0. The van der Waals surface area contributed by atoms with Crippen LogP contribution in [-0.4, -0.2) is 35.4 Å². The Kier molecular flexibility index (Phi) is 4.87. The number of hydrogen-bond acceptors (Lipinski definition) is 6. The van der Waals surface area contributed by atoms with Gasteiger partial charge in [-0.1, -0.05) is 30.7 Å². The molecule has 0 saturated carbocycles. The van der Waals surface area contributed by atoms with Crippen molar-refractivity contribution in [3.8, 4) is 11.1 Å². The average molecular weight is 446 g/mol. The van der Waals surface area contributed by atoms with Crippen molar-refractivity contribution in [1.82, 2.24) is 29.5 Å². The van der Waals surface area contributed by atoms with E-state index < -0.39 is 11.5 Å². The maximum Gasteiger partial charge on any atom is 0.299 e. The molecule has 1 amide bonds. The molecule has 0 unspecified atom stereocenters. The number of pyridine rings is 2. The first-order valence-corrected chi connectivity index (χ1v) is 10.2. The lowest BCUT2D eigenvalue weighted by Gasteiger charge is -2.09. The number of nitrogens with zero attached hydrogens (tertiary/aromatic N) is 6. The Morgan fingerprint density at radius 3 is 2.53 bits per heavy atom. The van der Waals surface area contributed by atoms with E-state index in [9.17, 15) is 9.59 Å². The van der Waals surface area contributed by atoms with E-state index in [0.29, 0.717) is 28.2 Å². The third kappa shape index (κ3) is 3.28. The lowest BCUT2D eigenvalue weighted by molar-refractivity contribution is 0.101. The van der Waals surface area contributed by atoms with Gasteiger partial charge in [0.15, 0.2) is 11.2 Å². The number of carbonyl (C=O) groups is 1. The van der Waals surface area contributed by atoms with E-state index >= 15 is 0 Å². The van der Waals surface area contributed by atoms with Crippen molar-refractivity contribution in [3.05, 3.63) is 87.7 Å². The monoisotopic (exact) mass is 445 g/mol. The summed E-state index contributed by atoms with van der Waals surface area (Å²) in [5.41, 5.74) is 6.10. The van der Waals surface area contributed by atoms with Crippen LogP contribution in [0, 0.1) is 0 Å². The summed E-state index contributed by atoms with van der Waals surface area (Å²) < 4.78 is 2.69. The van der Waals surface area contributed by atoms with E-state index in [4.69, 9.17) is 11.6 Å². The fraction of sp³-hybridized carbons (Fsp3) is 0.0909. The van der Waals surface area contributed by atoms with Crippen LogP contribution in [0.15, 0.2) is 65.8 Å². The molecule has 10 heteroatoms. The van der Waals surface area contributed by atoms with Gasteiger partial charge in [-0.3, -0.25) is 20.0 Å². The van der Waals surface area contributed by atoms with Crippen molar-refractivity contribution in [1.29, 1.82) is 0 Å². The SMILES string of the molecule is CCc1nn2c(nnc3c(=O)n(NC(=O)c4ccncc4)ccc32)c1-c1ccc(Cl)cc1. The molecular weight excluding hydrogens is 430 g/mol. The number of fused-ring (bicyclic) bond motifs is 3. The molecule has 0 bridgehead atoms. The second-order valence-electron chi connectivity index (χ2n) is 7.02. The Labute approximate surface area is 186 Å². The zero-order chi connectivity index (χ0) is 22.2. The number of amides is 1. The Hall–Kier alpha value is -4.11. The summed E-state index contributed by atoms with van der Waals surface area (Å²) in [6.07, 6.45) is 5.14. The highest BCUT2D eigenvalue weighted by Gasteiger charge is 2.19. The minimum atomic E-state index is -0.513. The molecule has 0 atom stereocenters. The molecule has 0 spiro atoms. The number of hydrogen-bond donors (Lipinski definition) is 1. The van der Waals surface area contributed by atoms with Gasteiger partial charge >= 0.3 is 0 Å². The normalized spacial score (nSPS) is 11.2. The van der Waals surface area contributed by atoms with Gasteiger partial charge in [0.1, 0.15) is 5.52 Å². The van der Waals surface area contributed by atoms with Crippen molar-refractivity contribution in [2.24, 2.45) is 0 Å². The molecule has 1 N–H and O–H groups in total. The fourth-order valence-corrected chi connectivity index (χ4v) is 3.64. The van der Waals surface area contributed by atoms with Crippen LogP contribution in [0.4, 0.5) is 0 Å². The van der Waals surface area contributed by atoms with Gasteiger partial charge in [-0.05, 0) is 42.3 Å². The maximum absolute atomic E-state index is 13.0. The third-order valence-electron chi connectivity index (χ3n) is 5.08. The van der Waals surface area contributed by atoms with E-state index in [-0.39, 0.29) is 5.52 Å². The Morgan fingerprint density at radius 2 is 1.81 bits per heavy atom. The molecule has 4 aromatic heterocycles. The fourth-order valence-electron chi connectivity index (χ4n) is 3.52. The molecule has 0 fully saturated rings. The van der Waals surface area contributed by atoms with E-state index in [1.807, 2.05) is 19.1 Å². The van der Waals surface area contributed by atoms with E-state index in [1.54, 1.807) is 34.8 Å². The molecule has 5 aromatic rings. The molecule has 0 aliphatic rings. The number of halogens is 1. The number of nitrogens with one attached hydrogen (secondary N) is 1. The average Bonchev–Trinajstić information content (AvgIpc) is 3.21. The van der Waals surface area contributed by atoms with Crippen LogP contribution >= 0.6 is 11.6 Å². The third-order valence-corrected chi connectivity index (χ3v) is 5.34. The molecule has 0 saturated heterocycles.